The summed E-state index contributed by atoms with van der Waals surface area (Å²) in [6.45, 7) is 10.4. The molecule has 0 radical (unpaired) electrons. The topological polar surface area (TPSA) is 40.7 Å². The number of aromatic nitrogens is 2. The van der Waals surface area contributed by atoms with Crippen LogP contribution >= 0.6 is 11.8 Å². The summed E-state index contributed by atoms with van der Waals surface area (Å²) in [6.07, 6.45) is 4.23. The zero-order chi connectivity index (χ0) is 15.9. The van der Waals surface area contributed by atoms with Crippen molar-refractivity contribution in [3.8, 4) is 0 Å². The van der Waals surface area contributed by atoms with Crippen LogP contribution in [0.3, 0.4) is 0 Å². The van der Waals surface area contributed by atoms with Crippen LogP contribution in [-0.4, -0.2) is 23.1 Å². The molecule has 120 valence electrons. The van der Waals surface area contributed by atoms with Crippen LogP contribution in [0.4, 0.5) is 0 Å². The Bertz CT molecular complexity index is 604. The fraction of sp³-hybridized carbons (Fsp3) is 0.500. The highest BCUT2D eigenvalue weighted by molar-refractivity contribution is 7.98. The van der Waals surface area contributed by atoms with Gasteiger partial charge in [-0.3, -0.25) is 0 Å². The molecule has 2 heterocycles. The molecule has 1 aromatic carbocycles. The van der Waals surface area contributed by atoms with Crippen molar-refractivity contribution in [2.45, 2.75) is 51.3 Å². The third kappa shape index (κ3) is 4.14. The van der Waals surface area contributed by atoms with Crippen LogP contribution in [0.15, 0.2) is 23.4 Å². The van der Waals surface area contributed by atoms with E-state index < -0.39 is 0 Å². The van der Waals surface area contributed by atoms with E-state index in [4.69, 9.17) is 0 Å². The summed E-state index contributed by atoms with van der Waals surface area (Å²) in [4.78, 5) is 7.57. The standard InChI is InChI=1S/C16H21N3S.C2H6/c1-11-3-4-13-5-7-17-8-6-14(13)15(11)10-20-16-9-18-12(2)19-16;1-2/h3-4,9,17H,5-8,10H2,1-2H3,(H,18,19);1-2H3. The third-order valence-corrected chi connectivity index (χ3v) is 4.89. The van der Waals surface area contributed by atoms with Crippen molar-refractivity contribution >= 4 is 11.8 Å². The van der Waals surface area contributed by atoms with E-state index in [-0.39, 0.29) is 0 Å². The number of aryl methyl sites for hydroxylation is 2. The SMILES string of the molecule is CC.Cc1ncc(SCc2c(C)ccc3c2CCNCC3)[nH]1. The van der Waals surface area contributed by atoms with E-state index in [1.807, 2.05) is 38.7 Å². The molecule has 1 aromatic heterocycles. The van der Waals surface area contributed by atoms with Gasteiger partial charge in [0.05, 0.1) is 11.2 Å². The van der Waals surface area contributed by atoms with Crippen LogP contribution in [0.2, 0.25) is 0 Å². The largest absolute Gasteiger partial charge is 0.337 e. The Morgan fingerprint density at radius 3 is 2.64 bits per heavy atom. The lowest BCUT2D eigenvalue weighted by Crippen LogP contribution is -2.16. The van der Waals surface area contributed by atoms with Crippen LogP contribution in [-0.2, 0) is 18.6 Å². The number of rotatable bonds is 3. The van der Waals surface area contributed by atoms with Crippen LogP contribution in [0.1, 0.15) is 41.9 Å². The Morgan fingerprint density at radius 2 is 1.91 bits per heavy atom. The van der Waals surface area contributed by atoms with E-state index in [0.717, 1.165) is 42.5 Å². The van der Waals surface area contributed by atoms with Crippen molar-refractivity contribution in [1.82, 2.24) is 15.3 Å². The first kappa shape index (κ1) is 17.1. The average Bonchev–Trinajstić information content (AvgIpc) is 2.81. The van der Waals surface area contributed by atoms with Gasteiger partial charge in [-0.05, 0) is 62.0 Å². The summed E-state index contributed by atoms with van der Waals surface area (Å²) in [5, 5.41) is 4.65. The first-order chi connectivity index (χ1) is 10.7. The number of nitrogens with zero attached hydrogens (tertiary/aromatic N) is 1. The normalized spacial score (nSPS) is 13.8. The molecular weight excluding hydrogens is 290 g/mol. The molecule has 0 bridgehead atoms. The fourth-order valence-corrected chi connectivity index (χ4v) is 3.84. The number of nitrogens with one attached hydrogen (secondary N) is 2. The molecular formula is C18H27N3S. The predicted molar refractivity (Wildman–Crippen MR) is 95.7 cm³/mol. The van der Waals surface area contributed by atoms with E-state index in [1.54, 1.807) is 5.56 Å². The molecule has 3 nitrogen and oxygen atoms in total. The van der Waals surface area contributed by atoms with Gasteiger partial charge in [-0.2, -0.15) is 0 Å². The van der Waals surface area contributed by atoms with Crippen LogP contribution in [0.25, 0.3) is 0 Å². The minimum Gasteiger partial charge on any atom is -0.337 e. The number of imidazole rings is 1. The van der Waals surface area contributed by atoms with Gasteiger partial charge in [0.25, 0.3) is 0 Å². The fourth-order valence-electron chi connectivity index (χ4n) is 2.79. The Balaban J connectivity index is 0.000000847. The molecule has 0 amide bonds. The summed E-state index contributed by atoms with van der Waals surface area (Å²) in [5.41, 5.74) is 6.02. The lowest BCUT2D eigenvalue weighted by atomic mass is 9.94. The van der Waals surface area contributed by atoms with Crippen molar-refractivity contribution in [3.05, 3.63) is 46.4 Å². The molecule has 3 rings (SSSR count). The highest BCUT2D eigenvalue weighted by Gasteiger charge is 2.14. The van der Waals surface area contributed by atoms with E-state index in [1.165, 1.54) is 16.7 Å². The minimum atomic E-state index is 0.986. The van der Waals surface area contributed by atoms with Crippen molar-refractivity contribution < 1.29 is 0 Å². The quantitative estimate of drug-likeness (QED) is 0.840. The molecule has 0 fully saturated rings. The zero-order valence-electron chi connectivity index (χ0n) is 14.1. The summed E-state index contributed by atoms with van der Waals surface area (Å²) in [6, 6.07) is 4.59. The van der Waals surface area contributed by atoms with Gasteiger partial charge in [-0.25, -0.2) is 4.98 Å². The molecule has 0 saturated heterocycles. The molecule has 2 aromatic rings. The number of thioether (sulfide) groups is 1. The zero-order valence-corrected chi connectivity index (χ0v) is 14.9. The monoisotopic (exact) mass is 317 g/mol. The Labute approximate surface area is 138 Å². The maximum Gasteiger partial charge on any atom is 0.103 e. The highest BCUT2D eigenvalue weighted by atomic mass is 32.2. The second-order valence-electron chi connectivity index (χ2n) is 5.37. The van der Waals surface area contributed by atoms with Crippen LogP contribution in [0.5, 0.6) is 0 Å². The van der Waals surface area contributed by atoms with Crippen molar-refractivity contribution in [1.29, 1.82) is 0 Å². The second-order valence-corrected chi connectivity index (χ2v) is 6.39. The van der Waals surface area contributed by atoms with E-state index >= 15 is 0 Å². The third-order valence-electron chi connectivity index (χ3n) is 3.94. The highest BCUT2D eigenvalue weighted by Crippen LogP contribution is 2.28. The molecule has 0 unspecified atom stereocenters. The lowest BCUT2D eigenvalue weighted by Gasteiger charge is -2.14. The summed E-state index contributed by atoms with van der Waals surface area (Å²) in [7, 11) is 0. The number of hydrogen-bond acceptors (Lipinski definition) is 3. The van der Waals surface area contributed by atoms with Gasteiger partial charge in [0.15, 0.2) is 0 Å². The smallest absolute Gasteiger partial charge is 0.103 e. The Hall–Kier alpha value is -1.26. The van der Waals surface area contributed by atoms with Gasteiger partial charge >= 0.3 is 0 Å². The minimum absolute atomic E-state index is 0.986. The first-order valence-electron chi connectivity index (χ1n) is 8.19. The van der Waals surface area contributed by atoms with E-state index in [9.17, 15) is 0 Å². The molecule has 0 atom stereocenters. The number of fused-ring (bicyclic) bond motifs is 1. The maximum atomic E-state index is 4.27. The van der Waals surface area contributed by atoms with Crippen molar-refractivity contribution in [2.24, 2.45) is 0 Å². The van der Waals surface area contributed by atoms with Gasteiger partial charge in [-0.1, -0.05) is 26.0 Å². The molecule has 0 spiro atoms. The van der Waals surface area contributed by atoms with Crippen LogP contribution < -0.4 is 5.32 Å². The van der Waals surface area contributed by atoms with E-state index in [0.29, 0.717) is 0 Å². The molecule has 4 heteroatoms. The molecule has 1 aliphatic rings. The number of hydrogen-bond donors (Lipinski definition) is 2. The van der Waals surface area contributed by atoms with Gasteiger partial charge in [0.2, 0.25) is 0 Å². The summed E-state index contributed by atoms with van der Waals surface area (Å²) in [5.74, 6) is 2.01. The average molecular weight is 318 g/mol. The summed E-state index contributed by atoms with van der Waals surface area (Å²) >= 11 is 1.85. The molecule has 2 N–H and O–H groups in total. The number of benzene rings is 1. The van der Waals surface area contributed by atoms with Crippen molar-refractivity contribution in [2.75, 3.05) is 13.1 Å². The summed E-state index contributed by atoms with van der Waals surface area (Å²) < 4.78 is 0. The van der Waals surface area contributed by atoms with Gasteiger partial charge in [0.1, 0.15) is 5.82 Å². The van der Waals surface area contributed by atoms with Crippen molar-refractivity contribution in [3.63, 3.8) is 0 Å². The van der Waals surface area contributed by atoms with Gasteiger partial charge in [0, 0.05) is 5.75 Å². The molecule has 1 aliphatic heterocycles. The Morgan fingerprint density at radius 1 is 1.14 bits per heavy atom. The molecule has 0 saturated carbocycles. The van der Waals surface area contributed by atoms with Crippen LogP contribution in [0, 0.1) is 13.8 Å². The van der Waals surface area contributed by atoms with Gasteiger partial charge in [-0.15, -0.1) is 11.8 Å². The van der Waals surface area contributed by atoms with Gasteiger partial charge < -0.3 is 10.3 Å². The second kappa shape index (κ2) is 8.39. The lowest BCUT2D eigenvalue weighted by molar-refractivity contribution is 0.710. The maximum absolute atomic E-state index is 4.27. The predicted octanol–water partition coefficient (Wildman–Crippen LogP) is 4.03. The first-order valence-corrected chi connectivity index (χ1v) is 9.18. The number of aromatic amines is 1. The van der Waals surface area contributed by atoms with E-state index in [2.05, 4.69) is 34.3 Å². The molecule has 0 aliphatic carbocycles. The Kier molecular flexibility index (Phi) is 6.52. The number of H-pyrrole nitrogens is 1. The molecule has 22 heavy (non-hydrogen) atoms.